The number of hydrogen-bond donors (Lipinski definition) is 1. The minimum atomic E-state index is -1.15. The van der Waals surface area contributed by atoms with Crippen molar-refractivity contribution in [2.24, 2.45) is 0 Å². The second-order valence-electron chi connectivity index (χ2n) is 4.82. The summed E-state index contributed by atoms with van der Waals surface area (Å²) in [5, 5.41) is 11.6. The van der Waals surface area contributed by atoms with Gasteiger partial charge in [0.15, 0.2) is 0 Å². The molecule has 1 unspecified atom stereocenters. The lowest BCUT2D eigenvalue weighted by Gasteiger charge is -2.13. The van der Waals surface area contributed by atoms with Crippen molar-refractivity contribution < 1.29 is 13.6 Å². The number of nitriles is 1. The van der Waals surface area contributed by atoms with Gasteiger partial charge in [-0.25, -0.2) is 8.78 Å². The van der Waals surface area contributed by atoms with Gasteiger partial charge in [0.05, 0.1) is 6.07 Å². The van der Waals surface area contributed by atoms with Gasteiger partial charge in [-0.1, -0.05) is 18.2 Å². The largest absolute Gasteiger partial charge is 0.337 e. The Hall–Kier alpha value is -1.91. The molecule has 2 rings (SSSR count). The summed E-state index contributed by atoms with van der Waals surface area (Å²) in [7, 11) is 0. The van der Waals surface area contributed by atoms with Crippen LogP contribution in [0.4, 0.5) is 8.78 Å². The highest BCUT2D eigenvalue weighted by molar-refractivity contribution is 9.10. The smallest absolute Gasteiger partial charge is 0.222 e. The second kappa shape index (κ2) is 8.81. The third kappa shape index (κ3) is 5.05. The van der Waals surface area contributed by atoms with Crippen LogP contribution in [0.3, 0.4) is 0 Å². The van der Waals surface area contributed by atoms with Gasteiger partial charge in [-0.2, -0.15) is 5.26 Å². The second-order valence-corrected chi connectivity index (χ2v) is 6.82. The lowest BCUT2D eigenvalue weighted by Crippen LogP contribution is -2.28. The average Bonchev–Trinajstić information content (AvgIpc) is 2.55. The molecule has 3 nitrogen and oxygen atoms in total. The summed E-state index contributed by atoms with van der Waals surface area (Å²) in [5.41, 5.74) is -0.0503. The molecule has 0 heterocycles. The summed E-state index contributed by atoms with van der Waals surface area (Å²) in [6, 6.07) is 11.2. The van der Waals surface area contributed by atoms with Gasteiger partial charge >= 0.3 is 0 Å². The van der Waals surface area contributed by atoms with E-state index in [9.17, 15) is 13.6 Å². The van der Waals surface area contributed by atoms with Gasteiger partial charge < -0.3 is 5.32 Å². The molecule has 24 heavy (non-hydrogen) atoms. The van der Waals surface area contributed by atoms with Crippen LogP contribution in [0.5, 0.6) is 0 Å². The Balaban J connectivity index is 1.91. The van der Waals surface area contributed by atoms with Gasteiger partial charge in [0.25, 0.3) is 0 Å². The summed E-state index contributed by atoms with van der Waals surface area (Å²) in [6.45, 7) is 0. The van der Waals surface area contributed by atoms with E-state index in [1.54, 1.807) is 0 Å². The first-order valence-electron chi connectivity index (χ1n) is 7.02. The quantitative estimate of drug-likeness (QED) is 0.708. The van der Waals surface area contributed by atoms with Crippen LogP contribution in [0.2, 0.25) is 0 Å². The van der Waals surface area contributed by atoms with Crippen LogP contribution in [0.1, 0.15) is 18.0 Å². The molecule has 2 aromatic rings. The van der Waals surface area contributed by atoms with Crippen LogP contribution in [0.25, 0.3) is 0 Å². The van der Waals surface area contributed by atoms with Crippen LogP contribution in [0, 0.1) is 23.0 Å². The molecule has 1 atom stereocenters. The van der Waals surface area contributed by atoms with Gasteiger partial charge in [0.1, 0.15) is 17.7 Å². The molecule has 0 aromatic heterocycles. The maximum absolute atomic E-state index is 13.7. The number of hydrogen-bond acceptors (Lipinski definition) is 3. The average molecular weight is 411 g/mol. The van der Waals surface area contributed by atoms with E-state index in [-0.39, 0.29) is 17.9 Å². The zero-order valence-corrected chi connectivity index (χ0v) is 14.8. The number of nitrogens with one attached hydrogen (secondary N) is 1. The number of carbonyl (C=O) groups excluding carboxylic acids is 1. The van der Waals surface area contributed by atoms with Crippen LogP contribution in [-0.2, 0) is 4.79 Å². The first kappa shape index (κ1) is 18.4. The molecule has 0 aliphatic carbocycles. The lowest BCUT2D eigenvalue weighted by atomic mass is 10.1. The highest BCUT2D eigenvalue weighted by Crippen LogP contribution is 2.27. The first-order chi connectivity index (χ1) is 11.5. The molecular weight excluding hydrogens is 398 g/mol. The summed E-state index contributed by atoms with van der Waals surface area (Å²) < 4.78 is 27.6. The van der Waals surface area contributed by atoms with E-state index in [1.807, 2.05) is 30.3 Å². The predicted octanol–water partition coefficient (Wildman–Crippen LogP) is 4.59. The van der Waals surface area contributed by atoms with Crippen molar-refractivity contribution in [1.29, 1.82) is 5.26 Å². The number of nitrogens with zero attached hydrogens (tertiary/aromatic N) is 1. The topological polar surface area (TPSA) is 52.9 Å². The predicted molar refractivity (Wildman–Crippen MR) is 92.3 cm³/mol. The molecule has 124 valence electrons. The van der Waals surface area contributed by atoms with Crippen LogP contribution >= 0.6 is 27.7 Å². The number of halogens is 3. The molecule has 7 heteroatoms. The van der Waals surface area contributed by atoms with Crippen molar-refractivity contribution in [2.45, 2.75) is 17.4 Å². The van der Waals surface area contributed by atoms with Crippen molar-refractivity contribution in [2.75, 3.05) is 5.75 Å². The zero-order chi connectivity index (χ0) is 17.5. The van der Waals surface area contributed by atoms with E-state index in [1.165, 1.54) is 11.8 Å². The molecule has 0 aliphatic rings. The summed E-state index contributed by atoms with van der Waals surface area (Å²) in [5.74, 6) is -1.45. The summed E-state index contributed by atoms with van der Waals surface area (Å²) >= 11 is 4.92. The zero-order valence-electron chi connectivity index (χ0n) is 12.4. The molecule has 0 fully saturated rings. The van der Waals surface area contributed by atoms with E-state index in [4.69, 9.17) is 5.26 Å². The van der Waals surface area contributed by atoms with E-state index < -0.39 is 17.7 Å². The standard InChI is InChI=1S/C17H13BrF2N2OS/c18-13-3-1-2-4-16(13)24-8-7-17(23)22-15(10-21)12-6-5-11(19)9-14(12)20/h1-6,9,15H,7-8H2,(H,22,23). The lowest BCUT2D eigenvalue weighted by molar-refractivity contribution is -0.121. The van der Waals surface area contributed by atoms with Crippen molar-refractivity contribution in [1.82, 2.24) is 5.32 Å². The van der Waals surface area contributed by atoms with Crippen LogP contribution < -0.4 is 5.32 Å². The number of rotatable bonds is 6. The normalized spacial score (nSPS) is 11.6. The van der Waals surface area contributed by atoms with Gasteiger partial charge in [0, 0.05) is 33.2 Å². The SMILES string of the molecule is N#CC(NC(=O)CCSc1ccccc1Br)c1ccc(F)cc1F. The first-order valence-corrected chi connectivity index (χ1v) is 8.80. The van der Waals surface area contributed by atoms with Gasteiger partial charge in [-0.15, -0.1) is 11.8 Å². The Morgan fingerprint density at radius 1 is 1.29 bits per heavy atom. The van der Waals surface area contributed by atoms with Gasteiger partial charge in [-0.3, -0.25) is 4.79 Å². The number of amides is 1. The van der Waals surface area contributed by atoms with E-state index in [2.05, 4.69) is 21.2 Å². The van der Waals surface area contributed by atoms with E-state index >= 15 is 0 Å². The molecular formula is C17H13BrF2N2OS. The Morgan fingerprint density at radius 2 is 2.04 bits per heavy atom. The fraction of sp³-hybridized carbons (Fsp3) is 0.176. The highest BCUT2D eigenvalue weighted by Gasteiger charge is 2.18. The van der Waals surface area contributed by atoms with Crippen molar-refractivity contribution in [3.05, 3.63) is 64.1 Å². The number of benzene rings is 2. The Kier molecular flexibility index (Phi) is 6.76. The van der Waals surface area contributed by atoms with Crippen LogP contribution in [0.15, 0.2) is 51.8 Å². The monoisotopic (exact) mass is 410 g/mol. The van der Waals surface area contributed by atoms with Crippen molar-refractivity contribution in [3.8, 4) is 6.07 Å². The molecule has 0 aliphatic heterocycles. The Bertz CT molecular complexity index is 779. The molecule has 0 bridgehead atoms. The summed E-state index contributed by atoms with van der Waals surface area (Å²) in [6.07, 6.45) is 0.174. The fourth-order valence-electron chi connectivity index (χ4n) is 1.96. The molecule has 0 saturated heterocycles. The molecule has 2 aromatic carbocycles. The summed E-state index contributed by atoms with van der Waals surface area (Å²) in [4.78, 5) is 13.0. The van der Waals surface area contributed by atoms with Gasteiger partial charge in [-0.05, 0) is 34.1 Å². The molecule has 0 radical (unpaired) electrons. The van der Waals surface area contributed by atoms with Crippen molar-refractivity contribution >= 4 is 33.6 Å². The third-order valence-electron chi connectivity index (χ3n) is 3.13. The molecule has 0 spiro atoms. The number of thioether (sulfide) groups is 1. The van der Waals surface area contributed by atoms with Crippen LogP contribution in [-0.4, -0.2) is 11.7 Å². The highest BCUT2D eigenvalue weighted by atomic mass is 79.9. The Labute approximate surface area is 151 Å². The number of carbonyl (C=O) groups is 1. The van der Waals surface area contributed by atoms with E-state index in [0.29, 0.717) is 11.8 Å². The van der Waals surface area contributed by atoms with Crippen molar-refractivity contribution in [3.63, 3.8) is 0 Å². The maximum Gasteiger partial charge on any atom is 0.222 e. The molecule has 1 N–H and O–H groups in total. The third-order valence-corrected chi connectivity index (χ3v) is 5.16. The maximum atomic E-state index is 13.7. The Morgan fingerprint density at radius 3 is 2.71 bits per heavy atom. The van der Waals surface area contributed by atoms with E-state index in [0.717, 1.165) is 21.5 Å². The molecule has 0 saturated carbocycles. The minimum absolute atomic E-state index is 0.0503. The molecule has 1 amide bonds. The fourth-order valence-corrected chi connectivity index (χ4v) is 3.48. The van der Waals surface area contributed by atoms with Gasteiger partial charge in [0.2, 0.25) is 5.91 Å². The minimum Gasteiger partial charge on any atom is -0.337 e.